The number of halogens is 1. The van der Waals surface area contributed by atoms with Gasteiger partial charge < -0.3 is 14.2 Å². The van der Waals surface area contributed by atoms with Gasteiger partial charge in [0.2, 0.25) is 0 Å². The number of hydrogen-bond acceptors (Lipinski definition) is 6. The van der Waals surface area contributed by atoms with Gasteiger partial charge in [-0.2, -0.15) is 0 Å². The van der Waals surface area contributed by atoms with Crippen LogP contribution in [0.4, 0.5) is 0 Å². The van der Waals surface area contributed by atoms with Crippen molar-refractivity contribution in [2.75, 3.05) is 19.8 Å². The second kappa shape index (κ2) is 11.0. The lowest BCUT2D eigenvalue weighted by molar-refractivity contribution is -0.137. The lowest BCUT2D eigenvalue weighted by Crippen LogP contribution is -2.36. The smallest absolute Gasteiger partial charge is 0.166 e. The van der Waals surface area contributed by atoms with E-state index in [1.54, 1.807) is 6.33 Å². The first-order valence-corrected chi connectivity index (χ1v) is 10.8. The molecule has 0 aromatic carbocycles. The monoisotopic (exact) mass is 410 g/mol. The number of aromatic nitrogens is 4. The summed E-state index contributed by atoms with van der Waals surface area (Å²) in [5.41, 5.74) is 1.30. The number of rotatable bonds is 10. The minimum absolute atomic E-state index is 0.0474. The second-order valence-corrected chi connectivity index (χ2v) is 7.60. The molecule has 1 aliphatic heterocycles. The van der Waals surface area contributed by atoms with Gasteiger partial charge in [-0.05, 0) is 32.1 Å². The Morgan fingerprint density at radius 1 is 1.14 bits per heavy atom. The minimum Gasteiger partial charge on any atom is -0.379 e. The van der Waals surface area contributed by atoms with Crippen LogP contribution >= 0.6 is 11.6 Å². The topological polar surface area (TPSA) is 71.3 Å². The molecule has 0 N–H and O–H groups in total. The quantitative estimate of drug-likeness (QED) is 0.422. The Hall–Kier alpha value is -1.28. The number of ether oxygens (including phenoxy) is 3. The molecule has 0 radical (unpaired) electrons. The Balaban J connectivity index is 1.74. The van der Waals surface area contributed by atoms with Crippen LogP contribution in [0.3, 0.4) is 0 Å². The van der Waals surface area contributed by atoms with Crippen molar-refractivity contribution < 1.29 is 14.2 Å². The molecule has 3 rings (SSSR count). The highest BCUT2D eigenvalue weighted by atomic mass is 35.5. The lowest BCUT2D eigenvalue weighted by Gasteiger charge is -2.28. The average Bonchev–Trinajstić information content (AvgIpc) is 3.03. The third-order valence-corrected chi connectivity index (χ3v) is 5.34. The normalized spacial score (nSPS) is 23.2. The maximum atomic E-state index is 6.50. The molecule has 0 aliphatic carbocycles. The van der Waals surface area contributed by atoms with E-state index in [1.807, 2.05) is 4.57 Å². The van der Waals surface area contributed by atoms with E-state index < -0.39 is 0 Å². The molecule has 0 amide bonds. The number of imidazole rings is 1. The van der Waals surface area contributed by atoms with Gasteiger partial charge in [-0.1, -0.05) is 38.3 Å². The van der Waals surface area contributed by atoms with Crippen LogP contribution < -0.4 is 0 Å². The summed E-state index contributed by atoms with van der Waals surface area (Å²) in [6.07, 6.45) is 10.1. The van der Waals surface area contributed by atoms with Gasteiger partial charge in [0.15, 0.2) is 10.8 Å². The first-order valence-electron chi connectivity index (χ1n) is 10.4. The van der Waals surface area contributed by atoms with Gasteiger partial charge in [0.05, 0.1) is 19.0 Å². The summed E-state index contributed by atoms with van der Waals surface area (Å²) in [4.78, 5) is 12.7. The molecule has 2 aromatic heterocycles. The molecule has 7 nitrogen and oxygen atoms in total. The van der Waals surface area contributed by atoms with E-state index in [2.05, 4.69) is 28.8 Å². The van der Waals surface area contributed by atoms with Gasteiger partial charge in [-0.25, -0.2) is 15.0 Å². The maximum absolute atomic E-state index is 6.50. The Bertz CT molecular complexity index is 727. The Kier molecular flexibility index (Phi) is 8.45. The van der Waals surface area contributed by atoms with Crippen LogP contribution in [0.1, 0.15) is 65.0 Å². The van der Waals surface area contributed by atoms with Crippen molar-refractivity contribution in [2.24, 2.45) is 0 Å². The van der Waals surface area contributed by atoms with Gasteiger partial charge in [0, 0.05) is 13.2 Å². The summed E-state index contributed by atoms with van der Waals surface area (Å²) in [5.74, 6) is 0. The van der Waals surface area contributed by atoms with Gasteiger partial charge >= 0.3 is 0 Å². The van der Waals surface area contributed by atoms with Crippen LogP contribution in [0, 0.1) is 0 Å². The van der Waals surface area contributed by atoms with E-state index in [4.69, 9.17) is 25.8 Å². The number of nitrogens with zero attached hydrogens (tertiary/aromatic N) is 4. The minimum atomic E-state index is -0.171. The fourth-order valence-electron chi connectivity index (χ4n) is 3.44. The molecule has 0 spiro atoms. The Labute approximate surface area is 171 Å². The number of hydrogen-bond donors (Lipinski definition) is 0. The number of unbranched alkanes of at least 4 members (excludes halogenated alkanes) is 2. The third-order valence-electron chi connectivity index (χ3n) is 5.06. The summed E-state index contributed by atoms with van der Waals surface area (Å²) in [7, 11) is 0. The third kappa shape index (κ3) is 5.41. The zero-order valence-corrected chi connectivity index (χ0v) is 17.6. The first kappa shape index (κ1) is 21.4. The highest BCUT2D eigenvalue weighted by Crippen LogP contribution is 2.31. The Morgan fingerprint density at radius 3 is 2.79 bits per heavy atom. The fraction of sp³-hybridized carbons (Fsp3) is 0.750. The summed E-state index contributed by atoms with van der Waals surface area (Å²) in [6, 6.07) is 0. The standard InChI is InChI=1S/C20H31ClN4O3/c1-3-5-10-26-12-16-15(27-11-6-4-2)8-7-9-17(28-16)25-14-24-18-19(21)22-13-23-20(18)25/h13-17H,3-12H2,1-2H3/t15-,16+,17+/m0/s1. The Morgan fingerprint density at radius 2 is 1.96 bits per heavy atom. The van der Waals surface area contributed by atoms with Crippen LogP contribution in [0.5, 0.6) is 0 Å². The molecule has 28 heavy (non-hydrogen) atoms. The molecule has 156 valence electrons. The predicted octanol–water partition coefficient (Wildman–Crippen LogP) is 4.55. The van der Waals surface area contributed by atoms with Crippen molar-refractivity contribution in [1.29, 1.82) is 0 Å². The summed E-state index contributed by atoms with van der Waals surface area (Å²) in [6.45, 7) is 6.38. The molecule has 1 aliphatic rings. The molecule has 0 unspecified atom stereocenters. The van der Waals surface area contributed by atoms with E-state index in [-0.39, 0.29) is 18.4 Å². The molecule has 3 atom stereocenters. The summed E-state index contributed by atoms with van der Waals surface area (Å²) in [5, 5.41) is 0.359. The van der Waals surface area contributed by atoms with Crippen molar-refractivity contribution >= 4 is 22.8 Å². The molecular formula is C20H31ClN4O3. The van der Waals surface area contributed by atoms with E-state index in [0.717, 1.165) is 58.2 Å². The van der Waals surface area contributed by atoms with E-state index >= 15 is 0 Å². The largest absolute Gasteiger partial charge is 0.379 e. The van der Waals surface area contributed by atoms with Crippen LogP contribution in [-0.2, 0) is 14.2 Å². The highest BCUT2D eigenvalue weighted by Gasteiger charge is 2.31. The van der Waals surface area contributed by atoms with Gasteiger partial charge in [0.1, 0.15) is 24.2 Å². The van der Waals surface area contributed by atoms with E-state index in [9.17, 15) is 0 Å². The van der Waals surface area contributed by atoms with Crippen LogP contribution in [0.15, 0.2) is 12.7 Å². The van der Waals surface area contributed by atoms with Crippen molar-refractivity contribution in [2.45, 2.75) is 77.2 Å². The summed E-state index contributed by atoms with van der Waals surface area (Å²) >= 11 is 6.15. The highest BCUT2D eigenvalue weighted by molar-refractivity contribution is 6.33. The maximum Gasteiger partial charge on any atom is 0.166 e. The molecule has 2 aromatic rings. The summed E-state index contributed by atoms with van der Waals surface area (Å²) < 4.78 is 20.5. The van der Waals surface area contributed by atoms with Gasteiger partial charge in [-0.15, -0.1) is 0 Å². The average molecular weight is 411 g/mol. The lowest BCUT2D eigenvalue weighted by atomic mass is 10.1. The van der Waals surface area contributed by atoms with Crippen molar-refractivity contribution in [1.82, 2.24) is 19.5 Å². The van der Waals surface area contributed by atoms with Crippen LogP contribution in [0.2, 0.25) is 5.15 Å². The zero-order valence-electron chi connectivity index (χ0n) is 16.8. The van der Waals surface area contributed by atoms with Crippen molar-refractivity contribution in [3.05, 3.63) is 17.8 Å². The van der Waals surface area contributed by atoms with Crippen LogP contribution in [0.25, 0.3) is 11.2 Å². The predicted molar refractivity (Wildman–Crippen MR) is 108 cm³/mol. The number of fused-ring (bicyclic) bond motifs is 1. The van der Waals surface area contributed by atoms with E-state index in [0.29, 0.717) is 22.9 Å². The molecular weight excluding hydrogens is 380 g/mol. The first-order chi connectivity index (χ1) is 13.7. The van der Waals surface area contributed by atoms with Crippen molar-refractivity contribution in [3.63, 3.8) is 0 Å². The molecule has 0 saturated carbocycles. The van der Waals surface area contributed by atoms with E-state index in [1.165, 1.54) is 6.33 Å². The van der Waals surface area contributed by atoms with Gasteiger partial charge in [0.25, 0.3) is 0 Å². The molecule has 1 fully saturated rings. The fourth-order valence-corrected chi connectivity index (χ4v) is 3.61. The molecule has 8 heteroatoms. The molecule has 0 bridgehead atoms. The molecule has 1 saturated heterocycles. The van der Waals surface area contributed by atoms with Gasteiger partial charge in [-0.3, -0.25) is 4.57 Å². The zero-order chi connectivity index (χ0) is 19.8. The van der Waals surface area contributed by atoms with Crippen LogP contribution in [-0.4, -0.2) is 51.5 Å². The second-order valence-electron chi connectivity index (χ2n) is 7.24. The SMILES string of the molecule is CCCCOC[C@H]1O[C@@H](n2cnc3c(Cl)ncnc32)CCC[C@@H]1OCCCC. The molecule has 3 heterocycles. The van der Waals surface area contributed by atoms with Crippen molar-refractivity contribution in [3.8, 4) is 0 Å².